The third-order valence-electron chi connectivity index (χ3n) is 5.97. The summed E-state index contributed by atoms with van der Waals surface area (Å²) in [5.41, 5.74) is 0.648. The zero-order valence-electron chi connectivity index (χ0n) is 19.3. The van der Waals surface area contributed by atoms with Gasteiger partial charge in [0.1, 0.15) is 29.2 Å². The fraction of sp³-hybridized carbons (Fsp3) is 0.292. The molecule has 0 bridgehead atoms. The summed E-state index contributed by atoms with van der Waals surface area (Å²) in [6.07, 6.45) is 0. The molecule has 2 aliphatic rings. The van der Waals surface area contributed by atoms with Crippen LogP contribution in [0, 0.1) is 0 Å². The lowest BCUT2D eigenvalue weighted by molar-refractivity contribution is -0.161. The van der Waals surface area contributed by atoms with Crippen molar-refractivity contribution in [3.05, 3.63) is 60.2 Å². The van der Waals surface area contributed by atoms with Crippen molar-refractivity contribution in [1.82, 2.24) is 15.5 Å². The monoisotopic (exact) mass is 512 g/mol. The first-order valence-corrected chi connectivity index (χ1v) is 11.9. The molecule has 0 radical (unpaired) electrons. The van der Waals surface area contributed by atoms with Crippen LogP contribution in [0.3, 0.4) is 0 Å². The summed E-state index contributed by atoms with van der Waals surface area (Å²) >= 11 is 1.26. The summed E-state index contributed by atoms with van der Waals surface area (Å²) < 4.78 is -0.772. The Labute approximate surface area is 210 Å². The van der Waals surface area contributed by atoms with E-state index in [1.54, 1.807) is 44.2 Å². The highest BCUT2D eigenvalue weighted by Gasteiger charge is 2.64. The predicted octanol–water partition coefficient (Wildman–Crippen LogP) is 0.820. The zero-order valence-corrected chi connectivity index (χ0v) is 20.1. The lowest BCUT2D eigenvalue weighted by atomic mass is 9.95. The lowest BCUT2D eigenvalue weighted by Gasteiger charge is -2.44. The number of anilines is 1. The second-order valence-corrected chi connectivity index (χ2v) is 10.7. The Hall–Kier alpha value is -4.06. The van der Waals surface area contributed by atoms with Gasteiger partial charge in [-0.2, -0.15) is 0 Å². The molecule has 188 valence electrons. The number of nitrogens with zero attached hydrogens (tertiary/aromatic N) is 1. The number of hydrogen-bond acceptors (Lipinski definition) is 7. The Balaban J connectivity index is 1.51. The number of aromatic hydroxyl groups is 1. The van der Waals surface area contributed by atoms with Gasteiger partial charge in [0.25, 0.3) is 0 Å². The quantitative estimate of drug-likeness (QED) is 0.280. The van der Waals surface area contributed by atoms with Gasteiger partial charge < -0.3 is 31.1 Å². The van der Waals surface area contributed by atoms with Crippen molar-refractivity contribution >= 4 is 47.0 Å². The van der Waals surface area contributed by atoms with Crippen LogP contribution in [0.15, 0.2) is 54.6 Å². The van der Waals surface area contributed by atoms with Gasteiger partial charge in [0.05, 0.1) is 0 Å². The van der Waals surface area contributed by atoms with E-state index in [0.29, 0.717) is 5.69 Å². The van der Waals surface area contributed by atoms with Gasteiger partial charge in [-0.1, -0.05) is 30.3 Å². The van der Waals surface area contributed by atoms with Crippen molar-refractivity contribution < 1.29 is 34.2 Å². The maximum Gasteiger partial charge on any atom is 0.327 e. The minimum atomic E-state index is -1.36. The van der Waals surface area contributed by atoms with Gasteiger partial charge in [0.15, 0.2) is 0 Å². The second kappa shape index (κ2) is 9.53. The number of phenolic OH excluding ortho intramolecular Hbond substituents is 1. The molecule has 36 heavy (non-hydrogen) atoms. The molecule has 2 aliphatic heterocycles. The van der Waals surface area contributed by atoms with Crippen LogP contribution >= 0.6 is 11.8 Å². The van der Waals surface area contributed by atoms with E-state index >= 15 is 0 Å². The lowest BCUT2D eigenvalue weighted by Crippen LogP contribution is -2.71. The first-order valence-electron chi connectivity index (χ1n) is 11.0. The fourth-order valence-electron chi connectivity index (χ4n) is 4.26. The van der Waals surface area contributed by atoms with Gasteiger partial charge in [-0.05, 0) is 43.7 Å². The largest absolute Gasteiger partial charge is 0.508 e. The van der Waals surface area contributed by atoms with E-state index < -0.39 is 57.8 Å². The number of para-hydroxylation sites is 1. The van der Waals surface area contributed by atoms with Crippen molar-refractivity contribution in [2.45, 2.75) is 42.1 Å². The van der Waals surface area contributed by atoms with E-state index in [1.165, 1.54) is 40.9 Å². The van der Waals surface area contributed by atoms with Gasteiger partial charge in [-0.15, -0.1) is 11.8 Å². The molecule has 12 heteroatoms. The first kappa shape index (κ1) is 25.0. The number of hydrogen-bond donors (Lipinski definition) is 5. The van der Waals surface area contributed by atoms with E-state index in [4.69, 9.17) is 0 Å². The average Bonchev–Trinajstić information content (AvgIpc) is 3.09. The Morgan fingerprint density at radius 2 is 1.64 bits per heavy atom. The molecule has 2 aromatic rings. The molecule has 4 amide bonds. The maximum absolute atomic E-state index is 13.2. The van der Waals surface area contributed by atoms with Gasteiger partial charge in [0.2, 0.25) is 11.8 Å². The molecule has 0 aromatic heterocycles. The van der Waals surface area contributed by atoms with Crippen LogP contribution in [0.25, 0.3) is 0 Å². The number of carbonyl (C=O) groups is 5. The van der Waals surface area contributed by atoms with E-state index in [1.807, 2.05) is 0 Å². The molecule has 2 fully saturated rings. The van der Waals surface area contributed by atoms with Crippen molar-refractivity contribution in [2.75, 3.05) is 5.32 Å². The number of benzene rings is 2. The van der Waals surface area contributed by atoms with Crippen LogP contribution in [0.5, 0.6) is 5.75 Å². The van der Waals surface area contributed by atoms with Crippen LogP contribution in [0.1, 0.15) is 25.5 Å². The molecule has 5 N–H and O–H groups in total. The van der Waals surface area contributed by atoms with Crippen molar-refractivity contribution in [3.8, 4) is 5.75 Å². The number of fused-ring (bicyclic) bond motifs is 1. The molecule has 4 rings (SSSR count). The van der Waals surface area contributed by atoms with Crippen molar-refractivity contribution in [3.63, 3.8) is 0 Å². The molecule has 2 saturated heterocycles. The van der Waals surface area contributed by atoms with Crippen molar-refractivity contribution in [2.24, 2.45) is 0 Å². The highest BCUT2D eigenvalue weighted by atomic mass is 32.2. The number of aliphatic carboxylic acids is 1. The Kier molecular flexibility index (Phi) is 6.63. The fourth-order valence-corrected chi connectivity index (χ4v) is 5.88. The standard InChI is InChI=1S/C24H24N4O7S/c1-24(2)17(23(34)35)28-21(33)16(22(28)36-24)27-18(30)15(12-8-10-14(29)11-9-12)26-20(32)19(31)25-13-6-4-3-5-7-13/h3-11,15-17,22,29H,1-2H3,(H,25,31)(H,26,32)(H,27,30)(H,34,35)/t15?,16-,17+,22-/m1/s1. The van der Waals surface area contributed by atoms with Gasteiger partial charge >= 0.3 is 17.8 Å². The molecular weight excluding hydrogens is 488 g/mol. The van der Waals surface area contributed by atoms with Crippen LogP contribution in [-0.2, 0) is 24.0 Å². The number of phenols is 1. The number of thioether (sulfide) groups is 1. The average molecular weight is 513 g/mol. The van der Waals surface area contributed by atoms with E-state index in [0.717, 1.165) is 0 Å². The molecule has 0 saturated carbocycles. The molecular formula is C24H24N4O7S. The summed E-state index contributed by atoms with van der Waals surface area (Å²) in [6, 6.07) is 10.3. The predicted molar refractivity (Wildman–Crippen MR) is 130 cm³/mol. The molecule has 4 atom stereocenters. The molecule has 11 nitrogen and oxygen atoms in total. The summed E-state index contributed by atoms with van der Waals surface area (Å²) in [7, 11) is 0. The van der Waals surface area contributed by atoms with Crippen LogP contribution in [0.2, 0.25) is 0 Å². The molecule has 0 spiro atoms. The zero-order chi connectivity index (χ0) is 26.2. The van der Waals surface area contributed by atoms with Crippen molar-refractivity contribution in [1.29, 1.82) is 0 Å². The minimum absolute atomic E-state index is 0.0693. The minimum Gasteiger partial charge on any atom is -0.508 e. The molecule has 2 heterocycles. The van der Waals surface area contributed by atoms with Gasteiger partial charge in [0, 0.05) is 10.4 Å². The summed E-state index contributed by atoms with van der Waals surface area (Å²) in [6.45, 7) is 3.43. The SMILES string of the molecule is CC1(C)S[C@@H]2[C@H](NC(=O)C(NC(=O)C(=O)Nc3ccccc3)c3ccc(O)cc3)C(=O)N2[C@H]1C(=O)O. The van der Waals surface area contributed by atoms with Gasteiger partial charge in [-0.3, -0.25) is 19.2 Å². The maximum atomic E-state index is 13.2. The normalized spacial score (nSPS) is 22.6. The number of carbonyl (C=O) groups excluding carboxylic acids is 4. The summed E-state index contributed by atoms with van der Waals surface area (Å²) in [5.74, 6) is -4.60. The third-order valence-corrected chi connectivity index (χ3v) is 7.55. The van der Waals surface area contributed by atoms with Gasteiger partial charge in [-0.25, -0.2) is 4.79 Å². The smallest absolute Gasteiger partial charge is 0.327 e. The molecule has 1 unspecified atom stereocenters. The Morgan fingerprint density at radius 3 is 2.25 bits per heavy atom. The van der Waals surface area contributed by atoms with Crippen LogP contribution in [0.4, 0.5) is 5.69 Å². The van der Waals surface area contributed by atoms with E-state index in [9.17, 15) is 34.2 Å². The molecule has 2 aromatic carbocycles. The highest BCUT2D eigenvalue weighted by Crippen LogP contribution is 2.50. The first-order chi connectivity index (χ1) is 17.0. The highest BCUT2D eigenvalue weighted by molar-refractivity contribution is 8.01. The van der Waals surface area contributed by atoms with Crippen LogP contribution < -0.4 is 16.0 Å². The number of nitrogens with one attached hydrogen (secondary N) is 3. The van der Waals surface area contributed by atoms with Crippen LogP contribution in [-0.4, -0.2) is 66.9 Å². The summed E-state index contributed by atoms with van der Waals surface area (Å²) in [5, 5.41) is 26.0. The molecule has 0 aliphatic carbocycles. The third kappa shape index (κ3) is 4.71. The number of carboxylic acids is 1. The van der Waals surface area contributed by atoms with E-state index in [2.05, 4.69) is 16.0 Å². The number of rotatable bonds is 6. The number of amides is 4. The topological polar surface area (TPSA) is 165 Å². The Morgan fingerprint density at radius 1 is 1.00 bits per heavy atom. The number of carboxylic acid groups (broad SMARTS) is 1. The second-order valence-electron chi connectivity index (χ2n) is 8.90. The Bertz CT molecular complexity index is 1220. The van der Waals surface area contributed by atoms with E-state index in [-0.39, 0.29) is 11.3 Å². The summed E-state index contributed by atoms with van der Waals surface area (Å²) in [4.78, 5) is 64.0. The number of β-lactam (4-membered cyclic amide) rings is 1.